The molecule has 1 aromatic carbocycles. The van der Waals surface area contributed by atoms with Crippen LogP contribution in [-0.4, -0.2) is 0 Å². The topological polar surface area (TPSA) is 26.0 Å². The predicted octanol–water partition coefficient (Wildman–Crippen LogP) is 2.79. The zero-order valence-electron chi connectivity index (χ0n) is 7.05. The van der Waals surface area contributed by atoms with Crippen LogP contribution in [-0.2, 0) is 0 Å². The monoisotopic (exact) mass is 273 g/mol. The van der Waals surface area contributed by atoms with Crippen molar-refractivity contribution in [1.29, 1.82) is 0 Å². The van der Waals surface area contributed by atoms with Crippen molar-refractivity contribution in [2.45, 2.75) is 13.0 Å². The molecule has 2 heteroatoms. The molecule has 0 spiro atoms. The van der Waals surface area contributed by atoms with E-state index in [1.54, 1.807) is 6.08 Å². The molecule has 12 heavy (non-hydrogen) atoms. The zero-order chi connectivity index (χ0) is 9.14. The van der Waals surface area contributed by atoms with Gasteiger partial charge in [-0.05, 0) is 46.7 Å². The first kappa shape index (κ1) is 9.74. The van der Waals surface area contributed by atoms with Crippen LogP contribution in [0.4, 0.5) is 0 Å². The summed E-state index contributed by atoms with van der Waals surface area (Å²) in [5.41, 5.74) is 8.26. The Labute approximate surface area is 86.8 Å². The van der Waals surface area contributed by atoms with Crippen molar-refractivity contribution in [3.8, 4) is 0 Å². The maximum Gasteiger partial charge on any atom is 0.0481 e. The molecule has 0 aliphatic carbocycles. The number of hydrogen-bond donors (Lipinski definition) is 1. The molecule has 0 radical (unpaired) electrons. The van der Waals surface area contributed by atoms with E-state index in [1.807, 2.05) is 12.1 Å². The van der Waals surface area contributed by atoms with E-state index in [4.69, 9.17) is 5.73 Å². The summed E-state index contributed by atoms with van der Waals surface area (Å²) in [7, 11) is 0. The highest BCUT2D eigenvalue weighted by atomic mass is 127. The van der Waals surface area contributed by atoms with Gasteiger partial charge in [-0.25, -0.2) is 0 Å². The third-order valence-electron chi connectivity index (χ3n) is 1.92. The molecule has 0 heterocycles. The summed E-state index contributed by atoms with van der Waals surface area (Å²) in [6.07, 6.45) is 1.76. The van der Waals surface area contributed by atoms with Crippen LogP contribution in [0.2, 0.25) is 0 Å². The number of halogens is 1. The average Bonchev–Trinajstić information content (AvgIpc) is 2.08. The lowest BCUT2D eigenvalue weighted by atomic mass is 10.0. The van der Waals surface area contributed by atoms with Crippen molar-refractivity contribution in [1.82, 2.24) is 0 Å². The Kier molecular flexibility index (Phi) is 3.29. The molecule has 0 saturated heterocycles. The Morgan fingerprint density at radius 1 is 1.58 bits per heavy atom. The van der Waals surface area contributed by atoms with Gasteiger partial charge in [0.25, 0.3) is 0 Å². The van der Waals surface area contributed by atoms with E-state index in [0.717, 1.165) is 5.56 Å². The number of nitrogens with two attached hydrogens (primary N) is 1. The lowest BCUT2D eigenvalue weighted by Gasteiger charge is -2.11. The molecule has 1 rings (SSSR count). The summed E-state index contributed by atoms with van der Waals surface area (Å²) < 4.78 is 1.25. The maximum atomic E-state index is 5.84. The van der Waals surface area contributed by atoms with Crippen LogP contribution in [0.15, 0.2) is 30.9 Å². The molecule has 0 aliphatic rings. The first-order valence-corrected chi connectivity index (χ1v) is 4.88. The van der Waals surface area contributed by atoms with Crippen LogP contribution < -0.4 is 5.73 Å². The maximum absolute atomic E-state index is 5.84. The van der Waals surface area contributed by atoms with Crippen molar-refractivity contribution < 1.29 is 0 Å². The van der Waals surface area contributed by atoms with E-state index >= 15 is 0 Å². The first-order valence-electron chi connectivity index (χ1n) is 3.80. The van der Waals surface area contributed by atoms with Gasteiger partial charge in [-0.3, -0.25) is 0 Å². The Morgan fingerprint density at radius 2 is 2.25 bits per heavy atom. The molecular weight excluding hydrogens is 261 g/mol. The molecule has 0 bridgehead atoms. The van der Waals surface area contributed by atoms with Gasteiger partial charge in [0.2, 0.25) is 0 Å². The predicted molar refractivity (Wildman–Crippen MR) is 61.0 cm³/mol. The summed E-state index contributed by atoms with van der Waals surface area (Å²) in [4.78, 5) is 0. The van der Waals surface area contributed by atoms with Gasteiger partial charge in [0.15, 0.2) is 0 Å². The third kappa shape index (κ3) is 1.87. The number of hydrogen-bond acceptors (Lipinski definition) is 1. The fraction of sp³-hybridized carbons (Fsp3) is 0.200. The molecule has 0 fully saturated rings. The lowest BCUT2D eigenvalue weighted by Crippen LogP contribution is -2.08. The average molecular weight is 273 g/mol. The van der Waals surface area contributed by atoms with Gasteiger partial charge in [0, 0.05) is 9.61 Å². The van der Waals surface area contributed by atoms with Gasteiger partial charge < -0.3 is 5.73 Å². The third-order valence-corrected chi connectivity index (χ3v) is 3.09. The molecule has 1 aromatic rings. The molecule has 0 saturated carbocycles. The second-order valence-corrected chi connectivity index (χ2v) is 3.88. The van der Waals surface area contributed by atoms with Crippen molar-refractivity contribution in [2.75, 3.05) is 0 Å². The standard InChI is InChI=1S/C10H12IN/c1-3-10(12)8-5-4-6-9(11)7(8)2/h3-6,10H,1,12H2,2H3/t10-/m0/s1. The fourth-order valence-corrected chi connectivity index (χ4v) is 1.63. The Balaban J connectivity index is 3.15. The summed E-state index contributed by atoms with van der Waals surface area (Å²) in [5.74, 6) is 0. The van der Waals surface area contributed by atoms with E-state index in [-0.39, 0.29) is 6.04 Å². The van der Waals surface area contributed by atoms with Crippen LogP contribution in [0.1, 0.15) is 17.2 Å². The molecule has 2 N–H and O–H groups in total. The SMILES string of the molecule is C=C[C@H](N)c1cccc(I)c1C. The molecule has 0 unspecified atom stereocenters. The minimum absolute atomic E-state index is 0.0419. The van der Waals surface area contributed by atoms with E-state index in [2.05, 4.69) is 42.2 Å². The van der Waals surface area contributed by atoms with Crippen molar-refractivity contribution in [3.05, 3.63) is 45.6 Å². The van der Waals surface area contributed by atoms with Crippen LogP contribution in [0, 0.1) is 10.5 Å². The molecule has 0 aliphatic heterocycles. The van der Waals surface area contributed by atoms with Gasteiger partial charge in [-0.15, -0.1) is 6.58 Å². The summed E-state index contributed by atoms with van der Waals surface area (Å²) in [6.45, 7) is 5.76. The van der Waals surface area contributed by atoms with Crippen molar-refractivity contribution in [3.63, 3.8) is 0 Å². The molecule has 64 valence electrons. The van der Waals surface area contributed by atoms with E-state index < -0.39 is 0 Å². The van der Waals surface area contributed by atoms with Gasteiger partial charge >= 0.3 is 0 Å². The fourth-order valence-electron chi connectivity index (χ4n) is 1.11. The summed E-state index contributed by atoms with van der Waals surface area (Å²) in [6, 6.07) is 6.10. The summed E-state index contributed by atoms with van der Waals surface area (Å²) >= 11 is 2.31. The molecule has 0 amide bonds. The minimum Gasteiger partial charge on any atom is -0.321 e. The van der Waals surface area contributed by atoms with Crippen LogP contribution in [0.3, 0.4) is 0 Å². The normalized spacial score (nSPS) is 12.6. The van der Waals surface area contributed by atoms with Crippen molar-refractivity contribution in [2.24, 2.45) is 5.73 Å². The molecule has 1 atom stereocenters. The highest BCUT2D eigenvalue weighted by molar-refractivity contribution is 14.1. The highest BCUT2D eigenvalue weighted by Gasteiger charge is 2.05. The second kappa shape index (κ2) is 4.05. The van der Waals surface area contributed by atoms with Crippen LogP contribution in [0.5, 0.6) is 0 Å². The van der Waals surface area contributed by atoms with E-state index in [9.17, 15) is 0 Å². The van der Waals surface area contributed by atoms with E-state index in [0.29, 0.717) is 0 Å². The first-order chi connectivity index (χ1) is 5.66. The van der Waals surface area contributed by atoms with E-state index in [1.165, 1.54) is 9.13 Å². The smallest absolute Gasteiger partial charge is 0.0481 e. The van der Waals surface area contributed by atoms with Gasteiger partial charge in [0.1, 0.15) is 0 Å². The van der Waals surface area contributed by atoms with Crippen molar-refractivity contribution >= 4 is 22.6 Å². The Hall–Kier alpha value is -0.350. The number of rotatable bonds is 2. The van der Waals surface area contributed by atoms with Gasteiger partial charge in [-0.1, -0.05) is 18.2 Å². The molecular formula is C10H12IN. The quantitative estimate of drug-likeness (QED) is 0.650. The molecule has 1 nitrogen and oxygen atoms in total. The molecule has 0 aromatic heterocycles. The van der Waals surface area contributed by atoms with Gasteiger partial charge in [0.05, 0.1) is 0 Å². The summed E-state index contributed by atoms with van der Waals surface area (Å²) in [5, 5.41) is 0. The Morgan fingerprint density at radius 3 is 2.83 bits per heavy atom. The largest absolute Gasteiger partial charge is 0.321 e. The minimum atomic E-state index is -0.0419. The zero-order valence-corrected chi connectivity index (χ0v) is 9.21. The number of benzene rings is 1. The van der Waals surface area contributed by atoms with Gasteiger partial charge in [-0.2, -0.15) is 0 Å². The highest BCUT2D eigenvalue weighted by Crippen LogP contribution is 2.20. The Bertz CT molecular complexity index is 294. The van der Waals surface area contributed by atoms with Crippen LogP contribution in [0.25, 0.3) is 0 Å². The second-order valence-electron chi connectivity index (χ2n) is 2.72. The van der Waals surface area contributed by atoms with Crippen LogP contribution >= 0.6 is 22.6 Å². The lowest BCUT2D eigenvalue weighted by molar-refractivity contribution is 0.900.